The number of benzene rings is 2. The number of rotatable bonds is 4. The van der Waals surface area contributed by atoms with Gasteiger partial charge in [-0.15, -0.1) is 0 Å². The standard InChI is InChI=1S/C17H20N2O/c1-13-7-9-16(10-8-13)19(17(20)11-18)12-15-6-4-3-5-14(15)2/h3-10H,11-12,18H2,1-2H3. The van der Waals surface area contributed by atoms with Crippen LogP contribution in [-0.2, 0) is 11.3 Å². The molecule has 2 aromatic carbocycles. The van der Waals surface area contributed by atoms with Crippen LogP contribution in [0.2, 0.25) is 0 Å². The van der Waals surface area contributed by atoms with Gasteiger partial charge in [0.1, 0.15) is 0 Å². The van der Waals surface area contributed by atoms with Gasteiger partial charge in [-0.1, -0.05) is 42.0 Å². The molecule has 2 aromatic rings. The summed E-state index contributed by atoms with van der Waals surface area (Å²) >= 11 is 0. The first-order valence-corrected chi connectivity index (χ1v) is 6.73. The molecule has 0 aliphatic rings. The second-order valence-corrected chi connectivity index (χ2v) is 4.95. The molecule has 0 aromatic heterocycles. The van der Waals surface area contributed by atoms with E-state index in [9.17, 15) is 4.79 Å². The molecule has 20 heavy (non-hydrogen) atoms. The minimum absolute atomic E-state index is 0.0136. The van der Waals surface area contributed by atoms with Gasteiger partial charge >= 0.3 is 0 Å². The predicted octanol–water partition coefficient (Wildman–Crippen LogP) is 2.80. The summed E-state index contributed by atoms with van der Waals surface area (Å²) in [5.74, 6) is -0.0721. The van der Waals surface area contributed by atoms with Crippen LogP contribution in [0.15, 0.2) is 48.5 Å². The normalized spacial score (nSPS) is 10.3. The van der Waals surface area contributed by atoms with Crippen molar-refractivity contribution in [2.75, 3.05) is 11.4 Å². The SMILES string of the molecule is Cc1ccc(N(Cc2ccccc2C)C(=O)CN)cc1. The van der Waals surface area contributed by atoms with Gasteiger partial charge in [0.25, 0.3) is 0 Å². The molecular weight excluding hydrogens is 248 g/mol. The topological polar surface area (TPSA) is 46.3 Å². The number of nitrogens with zero attached hydrogens (tertiary/aromatic N) is 1. The molecule has 0 atom stereocenters. The Morgan fingerprint density at radius 3 is 2.30 bits per heavy atom. The lowest BCUT2D eigenvalue weighted by molar-refractivity contribution is -0.117. The summed E-state index contributed by atoms with van der Waals surface area (Å²) in [5.41, 5.74) is 9.90. The van der Waals surface area contributed by atoms with Crippen molar-refractivity contribution in [3.05, 3.63) is 65.2 Å². The molecule has 0 spiro atoms. The van der Waals surface area contributed by atoms with E-state index < -0.39 is 0 Å². The molecule has 0 bridgehead atoms. The molecule has 1 amide bonds. The average Bonchev–Trinajstić information content (AvgIpc) is 2.47. The lowest BCUT2D eigenvalue weighted by Crippen LogP contribution is -2.35. The molecule has 0 unspecified atom stereocenters. The molecule has 2 N–H and O–H groups in total. The van der Waals surface area contributed by atoms with Crippen molar-refractivity contribution >= 4 is 11.6 Å². The van der Waals surface area contributed by atoms with Gasteiger partial charge in [0.2, 0.25) is 5.91 Å². The van der Waals surface area contributed by atoms with E-state index in [1.165, 1.54) is 11.1 Å². The molecule has 3 heteroatoms. The number of carbonyl (C=O) groups is 1. The van der Waals surface area contributed by atoms with Crippen molar-refractivity contribution in [1.29, 1.82) is 0 Å². The van der Waals surface area contributed by atoms with E-state index in [0.29, 0.717) is 6.54 Å². The van der Waals surface area contributed by atoms with Crippen LogP contribution in [0, 0.1) is 13.8 Å². The van der Waals surface area contributed by atoms with Crippen LogP contribution in [-0.4, -0.2) is 12.5 Å². The van der Waals surface area contributed by atoms with Gasteiger partial charge in [0, 0.05) is 5.69 Å². The van der Waals surface area contributed by atoms with Crippen LogP contribution in [0.1, 0.15) is 16.7 Å². The summed E-state index contributed by atoms with van der Waals surface area (Å²) in [6.07, 6.45) is 0. The van der Waals surface area contributed by atoms with Gasteiger partial charge in [0.15, 0.2) is 0 Å². The highest BCUT2D eigenvalue weighted by atomic mass is 16.2. The van der Waals surface area contributed by atoms with Crippen molar-refractivity contribution in [3.8, 4) is 0 Å². The first kappa shape index (κ1) is 14.3. The maximum absolute atomic E-state index is 12.1. The zero-order chi connectivity index (χ0) is 14.5. The van der Waals surface area contributed by atoms with Crippen LogP contribution in [0.5, 0.6) is 0 Å². The molecule has 0 fully saturated rings. The molecule has 0 aliphatic heterocycles. The Labute approximate surface area is 120 Å². The maximum atomic E-state index is 12.1. The third-order valence-corrected chi connectivity index (χ3v) is 3.41. The molecule has 104 valence electrons. The van der Waals surface area contributed by atoms with Crippen LogP contribution in [0.4, 0.5) is 5.69 Å². The molecule has 2 rings (SSSR count). The monoisotopic (exact) mass is 268 g/mol. The number of hydrogen-bond acceptors (Lipinski definition) is 2. The van der Waals surface area contributed by atoms with E-state index in [4.69, 9.17) is 5.73 Å². The minimum Gasteiger partial charge on any atom is -0.322 e. The van der Waals surface area contributed by atoms with Crippen LogP contribution in [0.25, 0.3) is 0 Å². The van der Waals surface area contributed by atoms with Crippen molar-refractivity contribution in [3.63, 3.8) is 0 Å². The molecule has 0 aliphatic carbocycles. The lowest BCUT2D eigenvalue weighted by atomic mass is 10.1. The fourth-order valence-corrected chi connectivity index (χ4v) is 2.12. The number of nitrogens with two attached hydrogens (primary N) is 1. The largest absolute Gasteiger partial charge is 0.322 e. The second-order valence-electron chi connectivity index (χ2n) is 4.95. The molecule has 0 heterocycles. The maximum Gasteiger partial charge on any atom is 0.241 e. The van der Waals surface area contributed by atoms with Gasteiger partial charge < -0.3 is 10.6 Å². The zero-order valence-corrected chi connectivity index (χ0v) is 12.0. The molecule has 0 saturated heterocycles. The van der Waals surface area contributed by atoms with E-state index in [2.05, 4.69) is 13.0 Å². The van der Waals surface area contributed by atoms with E-state index in [-0.39, 0.29) is 12.5 Å². The summed E-state index contributed by atoms with van der Waals surface area (Å²) in [6.45, 7) is 4.64. The minimum atomic E-state index is -0.0721. The van der Waals surface area contributed by atoms with Crippen LogP contribution in [0.3, 0.4) is 0 Å². The predicted molar refractivity (Wildman–Crippen MR) is 82.6 cm³/mol. The number of hydrogen-bond donors (Lipinski definition) is 1. The Morgan fingerprint density at radius 2 is 1.70 bits per heavy atom. The smallest absolute Gasteiger partial charge is 0.241 e. The fraction of sp³-hybridized carbons (Fsp3) is 0.235. The first-order chi connectivity index (χ1) is 9.61. The fourth-order valence-electron chi connectivity index (χ4n) is 2.12. The van der Waals surface area contributed by atoms with E-state index in [1.54, 1.807) is 4.90 Å². The molecule has 3 nitrogen and oxygen atoms in total. The number of aryl methyl sites for hydroxylation is 2. The molecule has 0 radical (unpaired) electrons. The quantitative estimate of drug-likeness (QED) is 0.926. The van der Waals surface area contributed by atoms with Crippen LogP contribution < -0.4 is 10.6 Å². The van der Waals surface area contributed by atoms with Crippen molar-refractivity contribution in [2.45, 2.75) is 20.4 Å². The first-order valence-electron chi connectivity index (χ1n) is 6.73. The Morgan fingerprint density at radius 1 is 1.05 bits per heavy atom. The van der Waals surface area contributed by atoms with Crippen molar-refractivity contribution in [2.24, 2.45) is 5.73 Å². The number of carbonyl (C=O) groups excluding carboxylic acids is 1. The Hall–Kier alpha value is -2.13. The summed E-state index contributed by atoms with van der Waals surface area (Å²) in [7, 11) is 0. The molecular formula is C17H20N2O. The van der Waals surface area contributed by atoms with E-state index >= 15 is 0 Å². The van der Waals surface area contributed by atoms with Crippen molar-refractivity contribution < 1.29 is 4.79 Å². The number of amides is 1. The van der Waals surface area contributed by atoms with E-state index in [0.717, 1.165) is 11.3 Å². The van der Waals surface area contributed by atoms with Gasteiger partial charge in [-0.25, -0.2) is 0 Å². The Bertz CT molecular complexity index is 590. The van der Waals surface area contributed by atoms with Gasteiger partial charge in [-0.2, -0.15) is 0 Å². The summed E-state index contributed by atoms with van der Waals surface area (Å²) in [5, 5.41) is 0. The van der Waals surface area contributed by atoms with Gasteiger partial charge in [-0.3, -0.25) is 4.79 Å². The van der Waals surface area contributed by atoms with E-state index in [1.807, 2.05) is 49.4 Å². The van der Waals surface area contributed by atoms with Gasteiger partial charge in [-0.05, 0) is 37.1 Å². The third-order valence-electron chi connectivity index (χ3n) is 3.41. The number of anilines is 1. The van der Waals surface area contributed by atoms with Crippen molar-refractivity contribution in [1.82, 2.24) is 0 Å². The highest BCUT2D eigenvalue weighted by Crippen LogP contribution is 2.19. The Balaban J connectivity index is 2.31. The summed E-state index contributed by atoms with van der Waals surface area (Å²) in [6, 6.07) is 16.0. The highest BCUT2D eigenvalue weighted by Gasteiger charge is 2.15. The van der Waals surface area contributed by atoms with Crippen LogP contribution >= 0.6 is 0 Å². The second kappa shape index (κ2) is 6.35. The lowest BCUT2D eigenvalue weighted by Gasteiger charge is -2.23. The average molecular weight is 268 g/mol. The highest BCUT2D eigenvalue weighted by molar-refractivity contribution is 5.94. The van der Waals surface area contributed by atoms with Gasteiger partial charge in [0.05, 0.1) is 13.1 Å². The molecule has 0 saturated carbocycles. The third kappa shape index (κ3) is 3.25. The summed E-state index contributed by atoms with van der Waals surface area (Å²) < 4.78 is 0. The zero-order valence-electron chi connectivity index (χ0n) is 12.0. The Kier molecular flexibility index (Phi) is 4.53. The summed E-state index contributed by atoms with van der Waals surface area (Å²) in [4.78, 5) is 13.9.